The maximum atomic E-state index is 12.3. The lowest BCUT2D eigenvalue weighted by Crippen LogP contribution is -2.15. The minimum Gasteiger partial charge on any atom is -0.298 e. The maximum absolute atomic E-state index is 12.3. The topological polar surface area (TPSA) is 17.1 Å². The van der Waals surface area contributed by atoms with Crippen molar-refractivity contribution < 1.29 is 4.79 Å². The highest BCUT2D eigenvalue weighted by atomic mass is 79.9. The Balaban J connectivity index is 2.50. The lowest BCUT2D eigenvalue weighted by Gasteiger charge is -2.17. The number of carbonyl (C=O) groups excluding carboxylic acids is 1. The van der Waals surface area contributed by atoms with E-state index in [2.05, 4.69) is 54.0 Å². The molecule has 0 bridgehead atoms. The fourth-order valence-corrected chi connectivity index (χ4v) is 2.66. The SMILES string of the molecule is Cc1cccc(C(C(=O)CBr)c2cccc(C)c2)c1. The molecule has 0 unspecified atom stereocenters. The summed E-state index contributed by atoms with van der Waals surface area (Å²) in [6, 6.07) is 16.4. The van der Waals surface area contributed by atoms with Crippen LogP contribution in [0.25, 0.3) is 0 Å². The third-order valence-corrected chi connectivity index (χ3v) is 3.76. The van der Waals surface area contributed by atoms with Gasteiger partial charge in [-0.2, -0.15) is 0 Å². The molecule has 0 radical (unpaired) electrons. The lowest BCUT2D eigenvalue weighted by molar-refractivity contribution is -0.117. The van der Waals surface area contributed by atoms with E-state index in [9.17, 15) is 4.79 Å². The van der Waals surface area contributed by atoms with Crippen molar-refractivity contribution in [3.05, 3.63) is 70.8 Å². The Morgan fingerprint density at radius 3 is 1.84 bits per heavy atom. The van der Waals surface area contributed by atoms with Crippen LogP contribution in [0, 0.1) is 13.8 Å². The molecule has 1 nitrogen and oxygen atoms in total. The van der Waals surface area contributed by atoms with Crippen molar-refractivity contribution in [2.75, 3.05) is 5.33 Å². The van der Waals surface area contributed by atoms with Crippen LogP contribution < -0.4 is 0 Å². The molecule has 0 aliphatic heterocycles. The number of alkyl halides is 1. The predicted octanol–water partition coefficient (Wildman–Crippen LogP) is 4.40. The van der Waals surface area contributed by atoms with E-state index in [1.807, 2.05) is 24.3 Å². The van der Waals surface area contributed by atoms with Crippen LogP contribution in [0.1, 0.15) is 28.2 Å². The van der Waals surface area contributed by atoms with Gasteiger partial charge in [-0.05, 0) is 25.0 Å². The van der Waals surface area contributed by atoms with Crippen molar-refractivity contribution in [3.8, 4) is 0 Å². The number of aryl methyl sites for hydroxylation is 2. The molecule has 98 valence electrons. The molecule has 0 atom stereocenters. The first-order chi connectivity index (χ1) is 9.11. The van der Waals surface area contributed by atoms with Gasteiger partial charge in [-0.3, -0.25) is 4.79 Å². The van der Waals surface area contributed by atoms with Crippen molar-refractivity contribution >= 4 is 21.7 Å². The molecule has 0 aromatic heterocycles. The van der Waals surface area contributed by atoms with E-state index >= 15 is 0 Å². The second kappa shape index (κ2) is 6.16. The van der Waals surface area contributed by atoms with Gasteiger partial charge in [0.25, 0.3) is 0 Å². The second-order valence-corrected chi connectivity index (χ2v) is 5.42. The van der Waals surface area contributed by atoms with Gasteiger partial charge in [0.2, 0.25) is 0 Å². The first-order valence-electron chi connectivity index (χ1n) is 6.33. The van der Waals surface area contributed by atoms with Gasteiger partial charge in [-0.25, -0.2) is 0 Å². The Bertz CT molecular complexity index is 544. The molecule has 2 rings (SSSR count). The largest absolute Gasteiger partial charge is 0.298 e. The zero-order chi connectivity index (χ0) is 13.8. The molecule has 0 N–H and O–H groups in total. The van der Waals surface area contributed by atoms with Crippen LogP contribution in [0.3, 0.4) is 0 Å². The van der Waals surface area contributed by atoms with Gasteiger partial charge in [0, 0.05) is 0 Å². The summed E-state index contributed by atoms with van der Waals surface area (Å²) in [5.74, 6) is 0.00961. The number of Topliss-reactive ketones (excluding diaryl/α,β-unsaturated/α-hetero) is 1. The molecule has 0 heterocycles. The maximum Gasteiger partial charge on any atom is 0.155 e. The number of rotatable bonds is 4. The molecule has 2 aromatic rings. The fraction of sp³-hybridized carbons (Fsp3) is 0.235. The summed E-state index contributed by atoms with van der Waals surface area (Å²) >= 11 is 3.30. The number of hydrogen-bond acceptors (Lipinski definition) is 1. The Morgan fingerprint density at radius 1 is 1.00 bits per heavy atom. The molecular formula is C17H17BrO. The van der Waals surface area contributed by atoms with Crippen LogP contribution in [0.15, 0.2) is 48.5 Å². The summed E-state index contributed by atoms with van der Waals surface area (Å²) in [6.45, 7) is 4.10. The van der Waals surface area contributed by atoms with E-state index in [1.165, 1.54) is 11.1 Å². The van der Waals surface area contributed by atoms with Crippen molar-refractivity contribution in [2.24, 2.45) is 0 Å². The Morgan fingerprint density at radius 2 is 1.47 bits per heavy atom. The minimum absolute atomic E-state index is 0.181. The highest BCUT2D eigenvalue weighted by Crippen LogP contribution is 2.27. The van der Waals surface area contributed by atoms with Gasteiger partial charge < -0.3 is 0 Å². The molecule has 2 aromatic carbocycles. The van der Waals surface area contributed by atoms with Crippen LogP contribution in [-0.2, 0) is 4.79 Å². The summed E-state index contributed by atoms with van der Waals surface area (Å²) in [7, 11) is 0. The first kappa shape index (κ1) is 14.0. The van der Waals surface area contributed by atoms with Crippen LogP contribution in [0.4, 0.5) is 0 Å². The van der Waals surface area contributed by atoms with E-state index in [-0.39, 0.29) is 11.7 Å². The highest BCUT2D eigenvalue weighted by molar-refractivity contribution is 9.09. The van der Waals surface area contributed by atoms with Crippen LogP contribution in [0.2, 0.25) is 0 Å². The molecule has 0 fully saturated rings. The Kier molecular flexibility index (Phi) is 4.54. The summed E-state index contributed by atoms with van der Waals surface area (Å²) in [5.41, 5.74) is 4.49. The predicted molar refractivity (Wildman–Crippen MR) is 83.0 cm³/mol. The molecule has 0 aliphatic rings. The number of benzene rings is 2. The number of halogens is 1. The Labute approximate surface area is 122 Å². The summed E-state index contributed by atoms with van der Waals surface area (Å²) < 4.78 is 0. The van der Waals surface area contributed by atoms with Crippen LogP contribution in [-0.4, -0.2) is 11.1 Å². The third kappa shape index (κ3) is 3.32. The van der Waals surface area contributed by atoms with Gasteiger partial charge >= 0.3 is 0 Å². The van der Waals surface area contributed by atoms with Crippen LogP contribution in [0.5, 0.6) is 0 Å². The monoisotopic (exact) mass is 316 g/mol. The van der Waals surface area contributed by atoms with Crippen molar-refractivity contribution in [3.63, 3.8) is 0 Å². The lowest BCUT2D eigenvalue weighted by atomic mass is 9.87. The van der Waals surface area contributed by atoms with Crippen LogP contribution >= 0.6 is 15.9 Å². The second-order valence-electron chi connectivity index (χ2n) is 4.86. The molecule has 19 heavy (non-hydrogen) atoms. The average Bonchev–Trinajstić information content (AvgIpc) is 2.39. The smallest absolute Gasteiger partial charge is 0.155 e. The number of hydrogen-bond donors (Lipinski definition) is 0. The molecule has 0 spiro atoms. The normalized spacial score (nSPS) is 10.7. The standard InChI is InChI=1S/C17H17BrO/c1-12-5-3-7-14(9-12)17(16(19)11-18)15-8-4-6-13(2)10-15/h3-10,17H,11H2,1-2H3. The first-order valence-corrected chi connectivity index (χ1v) is 7.46. The molecule has 2 heteroatoms. The van der Waals surface area contributed by atoms with Crippen molar-refractivity contribution in [1.29, 1.82) is 0 Å². The molecule has 0 saturated heterocycles. The van der Waals surface area contributed by atoms with Crippen molar-refractivity contribution in [2.45, 2.75) is 19.8 Å². The molecular weight excluding hydrogens is 300 g/mol. The molecule has 0 aliphatic carbocycles. The zero-order valence-electron chi connectivity index (χ0n) is 11.2. The number of ketones is 1. The van der Waals surface area contributed by atoms with E-state index in [0.29, 0.717) is 5.33 Å². The third-order valence-electron chi connectivity index (χ3n) is 3.20. The van der Waals surface area contributed by atoms with Gasteiger partial charge in [0.1, 0.15) is 0 Å². The quantitative estimate of drug-likeness (QED) is 0.764. The van der Waals surface area contributed by atoms with E-state index in [0.717, 1.165) is 11.1 Å². The van der Waals surface area contributed by atoms with E-state index in [4.69, 9.17) is 0 Å². The molecule has 0 saturated carbocycles. The summed E-state index contributed by atoms with van der Waals surface area (Å²) in [4.78, 5) is 12.3. The van der Waals surface area contributed by atoms with E-state index in [1.54, 1.807) is 0 Å². The van der Waals surface area contributed by atoms with Gasteiger partial charge in [0.05, 0.1) is 11.2 Å². The van der Waals surface area contributed by atoms with Crippen molar-refractivity contribution in [1.82, 2.24) is 0 Å². The summed E-state index contributed by atoms with van der Waals surface area (Å²) in [6.07, 6.45) is 0. The average molecular weight is 317 g/mol. The summed E-state index contributed by atoms with van der Waals surface area (Å²) in [5, 5.41) is 0.375. The van der Waals surface area contributed by atoms with Gasteiger partial charge in [0.15, 0.2) is 5.78 Å². The van der Waals surface area contributed by atoms with Gasteiger partial charge in [-0.1, -0.05) is 75.6 Å². The Hall–Kier alpha value is -1.41. The number of carbonyl (C=O) groups is 1. The minimum atomic E-state index is -0.181. The zero-order valence-corrected chi connectivity index (χ0v) is 12.8. The fourth-order valence-electron chi connectivity index (χ4n) is 2.34. The highest BCUT2D eigenvalue weighted by Gasteiger charge is 2.21. The van der Waals surface area contributed by atoms with E-state index < -0.39 is 0 Å². The van der Waals surface area contributed by atoms with Gasteiger partial charge in [-0.15, -0.1) is 0 Å². The molecule has 0 amide bonds.